The maximum atomic E-state index is 13.3. The Morgan fingerprint density at radius 2 is 2.19 bits per heavy atom. The highest BCUT2D eigenvalue weighted by Crippen LogP contribution is 2.15. The molecular weight excluding hydrogens is 227 g/mol. The lowest BCUT2D eigenvalue weighted by Gasteiger charge is -2.07. The van der Waals surface area contributed by atoms with E-state index in [1.165, 1.54) is 18.7 Å². The standard InChI is InChI=1S/C12H18ClFN2/c1-9(2)5-3-4-6-15-12-11(14)7-10(13)8-16-12/h7-9H,3-6H2,1-2H3,(H,15,16). The number of aromatic nitrogens is 1. The second-order valence-corrected chi connectivity index (χ2v) is 4.74. The molecule has 0 aromatic carbocycles. The van der Waals surface area contributed by atoms with E-state index in [2.05, 4.69) is 24.1 Å². The number of rotatable bonds is 6. The van der Waals surface area contributed by atoms with E-state index in [1.807, 2.05) is 0 Å². The zero-order chi connectivity index (χ0) is 12.0. The van der Waals surface area contributed by atoms with Gasteiger partial charge in [0.25, 0.3) is 0 Å². The third kappa shape index (κ3) is 4.79. The number of nitrogens with zero attached hydrogens (tertiary/aromatic N) is 1. The monoisotopic (exact) mass is 244 g/mol. The lowest BCUT2D eigenvalue weighted by Crippen LogP contribution is -2.05. The summed E-state index contributed by atoms with van der Waals surface area (Å²) in [6.07, 6.45) is 4.83. The fourth-order valence-electron chi connectivity index (χ4n) is 1.43. The van der Waals surface area contributed by atoms with E-state index in [-0.39, 0.29) is 5.82 Å². The van der Waals surface area contributed by atoms with Crippen LogP contribution in [-0.2, 0) is 0 Å². The number of hydrogen-bond acceptors (Lipinski definition) is 2. The van der Waals surface area contributed by atoms with Crippen molar-refractivity contribution in [2.75, 3.05) is 11.9 Å². The first-order valence-corrected chi connectivity index (χ1v) is 6.02. The van der Waals surface area contributed by atoms with Crippen molar-refractivity contribution in [2.24, 2.45) is 5.92 Å². The van der Waals surface area contributed by atoms with Gasteiger partial charge in [0.15, 0.2) is 11.6 Å². The van der Waals surface area contributed by atoms with Crippen LogP contribution in [0.1, 0.15) is 33.1 Å². The summed E-state index contributed by atoms with van der Waals surface area (Å²) in [6, 6.07) is 1.27. The van der Waals surface area contributed by atoms with Crippen LogP contribution in [0, 0.1) is 11.7 Å². The highest BCUT2D eigenvalue weighted by atomic mass is 35.5. The minimum Gasteiger partial charge on any atom is -0.368 e. The second-order valence-electron chi connectivity index (χ2n) is 4.30. The molecule has 0 spiro atoms. The van der Waals surface area contributed by atoms with Crippen LogP contribution in [0.3, 0.4) is 0 Å². The Morgan fingerprint density at radius 3 is 2.81 bits per heavy atom. The summed E-state index contributed by atoms with van der Waals surface area (Å²) in [5.74, 6) is 0.621. The van der Waals surface area contributed by atoms with Crippen molar-refractivity contribution >= 4 is 17.4 Å². The molecule has 0 aliphatic carbocycles. The maximum absolute atomic E-state index is 13.3. The number of anilines is 1. The van der Waals surface area contributed by atoms with Crippen molar-refractivity contribution < 1.29 is 4.39 Å². The maximum Gasteiger partial charge on any atom is 0.166 e. The summed E-state index contributed by atoms with van der Waals surface area (Å²) in [5, 5.41) is 3.29. The second kappa shape index (κ2) is 6.69. The number of halogens is 2. The molecular formula is C12H18ClFN2. The molecule has 0 aliphatic heterocycles. The van der Waals surface area contributed by atoms with Gasteiger partial charge in [0.05, 0.1) is 5.02 Å². The highest BCUT2D eigenvalue weighted by molar-refractivity contribution is 6.30. The van der Waals surface area contributed by atoms with Crippen LogP contribution in [0.15, 0.2) is 12.3 Å². The number of nitrogens with one attached hydrogen (secondary N) is 1. The molecule has 1 rings (SSSR count). The highest BCUT2D eigenvalue weighted by Gasteiger charge is 2.03. The molecule has 0 aliphatic rings. The molecule has 1 aromatic heterocycles. The van der Waals surface area contributed by atoms with Crippen LogP contribution in [0.5, 0.6) is 0 Å². The molecule has 0 fully saturated rings. The molecule has 0 amide bonds. The zero-order valence-corrected chi connectivity index (χ0v) is 10.5. The SMILES string of the molecule is CC(C)CCCCNc1ncc(Cl)cc1F. The molecule has 16 heavy (non-hydrogen) atoms. The van der Waals surface area contributed by atoms with E-state index in [0.29, 0.717) is 5.02 Å². The van der Waals surface area contributed by atoms with Crippen LogP contribution in [0.25, 0.3) is 0 Å². The summed E-state index contributed by atoms with van der Waals surface area (Å²) in [7, 11) is 0. The Morgan fingerprint density at radius 1 is 1.44 bits per heavy atom. The van der Waals surface area contributed by atoms with Gasteiger partial charge in [0, 0.05) is 12.7 Å². The first kappa shape index (κ1) is 13.2. The van der Waals surface area contributed by atoms with Gasteiger partial charge >= 0.3 is 0 Å². The van der Waals surface area contributed by atoms with Crippen LogP contribution in [-0.4, -0.2) is 11.5 Å². The van der Waals surface area contributed by atoms with Gasteiger partial charge < -0.3 is 5.32 Å². The molecule has 1 heterocycles. The topological polar surface area (TPSA) is 24.9 Å². The third-order valence-corrected chi connectivity index (χ3v) is 2.52. The van der Waals surface area contributed by atoms with Gasteiger partial charge in [0.2, 0.25) is 0 Å². The van der Waals surface area contributed by atoms with E-state index in [0.717, 1.165) is 25.3 Å². The van der Waals surface area contributed by atoms with E-state index in [4.69, 9.17) is 11.6 Å². The molecule has 1 aromatic rings. The lowest BCUT2D eigenvalue weighted by molar-refractivity contribution is 0.543. The molecule has 0 radical (unpaired) electrons. The molecule has 0 saturated heterocycles. The first-order chi connectivity index (χ1) is 7.59. The fourth-order valence-corrected chi connectivity index (χ4v) is 1.57. The lowest BCUT2D eigenvalue weighted by atomic mass is 10.1. The van der Waals surface area contributed by atoms with Crippen molar-refractivity contribution in [2.45, 2.75) is 33.1 Å². The Hall–Kier alpha value is -0.830. The quantitative estimate of drug-likeness (QED) is 0.762. The van der Waals surface area contributed by atoms with Gasteiger partial charge in [-0.05, 0) is 18.4 Å². The van der Waals surface area contributed by atoms with Gasteiger partial charge in [-0.2, -0.15) is 0 Å². The Bertz CT molecular complexity index is 329. The Kier molecular flexibility index (Phi) is 5.53. The zero-order valence-electron chi connectivity index (χ0n) is 9.76. The minimum atomic E-state index is -0.392. The molecule has 0 bridgehead atoms. The van der Waals surface area contributed by atoms with Crippen LogP contribution < -0.4 is 5.32 Å². The van der Waals surface area contributed by atoms with Crippen molar-refractivity contribution in [1.29, 1.82) is 0 Å². The minimum absolute atomic E-state index is 0.286. The Balaban J connectivity index is 2.27. The summed E-state index contributed by atoms with van der Waals surface area (Å²) < 4.78 is 13.3. The van der Waals surface area contributed by atoms with Gasteiger partial charge in [-0.25, -0.2) is 9.37 Å². The van der Waals surface area contributed by atoms with E-state index in [1.54, 1.807) is 0 Å². The summed E-state index contributed by atoms with van der Waals surface area (Å²) in [4.78, 5) is 3.89. The molecule has 0 atom stereocenters. The predicted octanol–water partition coefficient (Wildman–Crippen LogP) is 4.11. The van der Waals surface area contributed by atoms with Gasteiger partial charge in [-0.3, -0.25) is 0 Å². The normalized spacial score (nSPS) is 10.8. The molecule has 4 heteroatoms. The van der Waals surface area contributed by atoms with E-state index in [9.17, 15) is 4.39 Å². The summed E-state index contributed by atoms with van der Waals surface area (Å²) in [5.41, 5.74) is 0. The molecule has 0 saturated carbocycles. The van der Waals surface area contributed by atoms with Crippen LogP contribution >= 0.6 is 11.6 Å². The Labute approximate surface area is 101 Å². The average molecular weight is 245 g/mol. The van der Waals surface area contributed by atoms with Crippen LogP contribution in [0.2, 0.25) is 5.02 Å². The molecule has 0 unspecified atom stereocenters. The van der Waals surface area contributed by atoms with Crippen molar-refractivity contribution in [3.05, 3.63) is 23.1 Å². The first-order valence-electron chi connectivity index (χ1n) is 5.64. The van der Waals surface area contributed by atoms with Crippen molar-refractivity contribution in [3.63, 3.8) is 0 Å². The van der Waals surface area contributed by atoms with Gasteiger partial charge in [-0.1, -0.05) is 38.3 Å². The largest absolute Gasteiger partial charge is 0.368 e. The third-order valence-electron chi connectivity index (χ3n) is 2.31. The average Bonchev–Trinajstić information content (AvgIpc) is 2.20. The van der Waals surface area contributed by atoms with Crippen LogP contribution in [0.4, 0.5) is 10.2 Å². The molecule has 2 nitrogen and oxygen atoms in total. The molecule has 90 valence electrons. The fraction of sp³-hybridized carbons (Fsp3) is 0.583. The number of unbranched alkanes of at least 4 members (excludes halogenated alkanes) is 1. The summed E-state index contributed by atoms with van der Waals surface area (Å²) in [6.45, 7) is 5.15. The number of pyridine rings is 1. The van der Waals surface area contributed by atoms with E-state index < -0.39 is 5.82 Å². The van der Waals surface area contributed by atoms with Crippen molar-refractivity contribution in [1.82, 2.24) is 4.98 Å². The van der Waals surface area contributed by atoms with Crippen molar-refractivity contribution in [3.8, 4) is 0 Å². The van der Waals surface area contributed by atoms with Gasteiger partial charge in [-0.15, -0.1) is 0 Å². The van der Waals surface area contributed by atoms with Gasteiger partial charge in [0.1, 0.15) is 0 Å². The smallest absolute Gasteiger partial charge is 0.166 e. The van der Waals surface area contributed by atoms with E-state index >= 15 is 0 Å². The summed E-state index contributed by atoms with van der Waals surface area (Å²) >= 11 is 5.61. The number of hydrogen-bond donors (Lipinski definition) is 1. The predicted molar refractivity (Wildman–Crippen MR) is 66.4 cm³/mol. The molecule has 1 N–H and O–H groups in total.